The van der Waals surface area contributed by atoms with Crippen LogP contribution in [-0.2, 0) is 11.2 Å². The molecule has 1 N–H and O–H groups in total. The van der Waals surface area contributed by atoms with Crippen molar-refractivity contribution in [1.29, 1.82) is 0 Å². The molecule has 15 heavy (non-hydrogen) atoms. The summed E-state index contributed by atoms with van der Waals surface area (Å²) in [6.07, 6.45) is 1.80. The summed E-state index contributed by atoms with van der Waals surface area (Å²) in [6.45, 7) is 0.926. The maximum atomic E-state index is 9.22. The molecule has 1 unspecified atom stereocenters. The smallest absolute Gasteiger partial charge is 0.0465 e. The van der Waals surface area contributed by atoms with E-state index in [1.165, 1.54) is 5.56 Å². The van der Waals surface area contributed by atoms with Crippen LogP contribution in [0.4, 0.5) is 0 Å². The lowest BCUT2D eigenvalue weighted by atomic mass is 9.97. The van der Waals surface area contributed by atoms with E-state index in [9.17, 15) is 5.11 Å². The molecule has 0 saturated heterocycles. The first-order valence-electron chi connectivity index (χ1n) is 5.10. The third-order valence-corrected chi connectivity index (χ3v) is 2.90. The van der Waals surface area contributed by atoms with Crippen molar-refractivity contribution < 1.29 is 9.84 Å². The molecule has 0 spiro atoms. The quantitative estimate of drug-likeness (QED) is 0.863. The molecule has 1 aromatic carbocycles. The van der Waals surface area contributed by atoms with E-state index in [1.807, 2.05) is 12.1 Å². The molecule has 2 nitrogen and oxygen atoms in total. The van der Waals surface area contributed by atoms with Crippen LogP contribution in [0.2, 0.25) is 0 Å². The maximum absolute atomic E-state index is 9.22. The summed E-state index contributed by atoms with van der Waals surface area (Å²) in [6, 6.07) is 8.20. The number of hydrogen-bond acceptors (Lipinski definition) is 2. The molecule has 0 aromatic heterocycles. The van der Waals surface area contributed by atoms with Crippen molar-refractivity contribution >= 4 is 15.9 Å². The molecule has 0 amide bonds. The molecule has 0 fully saturated rings. The lowest BCUT2D eigenvalue weighted by Gasteiger charge is -2.13. The van der Waals surface area contributed by atoms with Crippen LogP contribution >= 0.6 is 15.9 Å². The van der Waals surface area contributed by atoms with E-state index in [2.05, 4.69) is 28.1 Å². The number of methoxy groups -OCH3 is 1. The Balaban J connectivity index is 2.50. The van der Waals surface area contributed by atoms with Crippen molar-refractivity contribution in [3.8, 4) is 0 Å². The van der Waals surface area contributed by atoms with Crippen LogP contribution in [0.5, 0.6) is 0 Å². The number of hydrogen-bond donors (Lipinski definition) is 1. The van der Waals surface area contributed by atoms with Gasteiger partial charge in [-0.2, -0.15) is 0 Å². The topological polar surface area (TPSA) is 29.5 Å². The Labute approximate surface area is 99.4 Å². The van der Waals surface area contributed by atoms with Gasteiger partial charge >= 0.3 is 0 Å². The normalized spacial score (nSPS) is 12.7. The van der Waals surface area contributed by atoms with E-state index < -0.39 is 0 Å². The van der Waals surface area contributed by atoms with Gasteiger partial charge < -0.3 is 9.84 Å². The minimum absolute atomic E-state index is 0.218. The van der Waals surface area contributed by atoms with Crippen LogP contribution in [0.3, 0.4) is 0 Å². The summed E-state index contributed by atoms with van der Waals surface area (Å²) in [5.74, 6) is 0.291. The van der Waals surface area contributed by atoms with Gasteiger partial charge in [0.25, 0.3) is 0 Å². The van der Waals surface area contributed by atoms with Crippen LogP contribution in [-0.4, -0.2) is 25.4 Å². The fourth-order valence-electron chi connectivity index (χ4n) is 1.54. The van der Waals surface area contributed by atoms with E-state index in [0.717, 1.165) is 17.3 Å². The van der Waals surface area contributed by atoms with Crippen molar-refractivity contribution in [2.75, 3.05) is 20.3 Å². The van der Waals surface area contributed by atoms with Crippen LogP contribution in [0.1, 0.15) is 12.0 Å². The van der Waals surface area contributed by atoms with E-state index in [0.29, 0.717) is 12.5 Å². The molecule has 84 valence electrons. The molecular weight excluding hydrogens is 256 g/mol. The summed E-state index contributed by atoms with van der Waals surface area (Å²) in [4.78, 5) is 0. The molecule has 3 heteroatoms. The molecule has 0 heterocycles. The van der Waals surface area contributed by atoms with Crippen molar-refractivity contribution in [3.05, 3.63) is 34.3 Å². The average Bonchev–Trinajstić information content (AvgIpc) is 2.24. The first-order chi connectivity index (χ1) is 7.26. The van der Waals surface area contributed by atoms with Crippen LogP contribution in [0.25, 0.3) is 0 Å². The molecule has 0 aliphatic rings. The molecule has 1 rings (SSSR count). The second-order valence-electron chi connectivity index (χ2n) is 3.66. The number of benzene rings is 1. The van der Waals surface area contributed by atoms with E-state index in [1.54, 1.807) is 7.11 Å². The first-order valence-corrected chi connectivity index (χ1v) is 5.89. The Hall–Kier alpha value is -0.380. The number of ether oxygens (including phenoxy) is 1. The third kappa shape index (κ3) is 4.78. The Morgan fingerprint density at radius 1 is 1.47 bits per heavy atom. The lowest BCUT2D eigenvalue weighted by molar-refractivity contribution is 0.147. The zero-order valence-corrected chi connectivity index (χ0v) is 10.5. The largest absolute Gasteiger partial charge is 0.396 e. The highest BCUT2D eigenvalue weighted by atomic mass is 79.9. The van der Waals surface area contributed by atoms with Gasteiger partial charge in [-0.3, -0.25) is 0 Å². The highest BCUT2D eigenvalue weighted by Gasteiger charge is 2.08. The Morgan fingerprint density at radius 2 is 2.27 bits per heavy atom. The number of aliphatic hydroxyl groups excluding tert-OH is 1. The van der Waals surface area contributed by atoms with Gasteiger partial charge in [-0.15, -0.1) is 0 Å². The Morgan fingerprint density at radius 3 is 2.87 bits per heavy atom. The van der Waals surface area contributed by atoms with Crippen LogP contribution in [0.15, 0.2) is 28.7 Å². The van der Waals surface area contributed by atoms with Crippen molar-refractivity contribution in [2.45, 2.75) is 12.8 Å². The predicted octanol–water partition coefficient (Wildman–Crippen LogP) is 2.64. The fourth-order valence-corrected chi connectivity index (χ4v) is 1.99. The highest BCUT2D eigenvalue weighted by Crippen LogP contribution is 2.16. The van der Waals surface area contributed by atoms with Crippen LogP contribution in [0, 0.1) is 5.92 Å². The van der Waals surface area contributed by atoms with E-state index in [4.69, 9.17) is 4.74 Å². The summed E-state index contributed by atoms with van der Waals surface area (Å²) in [5.41, 5.74) is 1.25. The lowest BCUT2D eigenvalue weighted by Crippen LogP contribution is -2.12. The zero-order valence-electron chi connectivity index (χ0n) is 8.95. The second kappa shape index (κ2) is 6.99. The van der Waals surface area contributed by atoms with Gasteiger partial charge in [0, 0.05) is 24.8 Å². The zero-order chi connectivity index (χ0) is 11.1. The third-order valence-electron chi connectivity index (χ3n) is 2.40. The molecule has 1 atom stereocenters. The summed E-state index contributed by atoms with van der Waals surface area (Å²) < 4.78 is 6.10. The molecule has 0 aliphatic carbocycles. The monoisotopic (exact) mass is 272 g/mol. The van der Waals surface area contributed by atoms with Gasteiger partial charge in [-0.25, -0.2) is 0 Å². The van der Waals surface area contributed by atoms with E-state index in [-0.39, 0.29) is 6.61 Å². The standard InChI is InChI=1S/C12H17BrO2/c1-15-6-5-11(9-14)7-10-3-2-4-12(13)8-10/h2-4,8,11,14H,5-7,9H2,1H3. The van der Waals surface area contributed by atoms with Crippen molar-refractivity contribution in [2.24, 2.45) is 5.92 Å². The molecule has 0 saturated carbocycles. The summed E-state index contributed by atoms with van der Waals surface area (Å²) in [5, 5.41) is 9.22. The minimum Gasteiger partial charge on any atom is -0.396 e. The average molecular weight is 273 g/mol. The van der Waals surface area contributed by atoms with Gasteiger partial charge in [-0.05, 0) is 36.5 Å². The summed E-state index contributed by atoms with van der Waals surface area (Å²) >= 11 is 3.44. The van der Waals surface area contributed by atoms with Gasteiger partial charge in [0.1, 0.15) is 0 Å². The SMILES string of the molecule is COCCC(CO)Cc1cccc(Br)c1. The first kappa shape index (κ1) is 12.7. The number of halogens is 1. The molecule has 0 radical (unpaired) electrons. The molecule has 1 aromatic rings. The van der Waals surface area contributed by atoms with Crippen molar-refractivity contribution in [3.63, 3.8) is 0 Å². The van der Waals surface area contributed by atoms with Gasteiger partial charge in [-0.1, -0.05) is 28.1 Å². The van der Waals surface area contributed by atoms with Gasteiger partial charge in [0.2, 0.25) is 0 Å². The minimum atomic E-state index is 0.218. The second-order valence-corrected chi connectivity index (χ2v) is 4.58. The highest BCUT2D eigenvalue weighted by molar-refractivity contribution is 9.10. The Kier molecular flexibility index (Phi) is 5.91. The van der Waals surface area contributed by atoms with Crippen LogP contribution < -0.4 is 0 Å². The predicted molar refractivity (Wildman–Crippen MR) is 64.9 cm³/mol. The summed E-state index contributed by atoms with van der Waals surface area (Å²) in [7, 11) is 1.69. The fraction of sp³-hybridized carbons (Fsp3) is 0.500. The molecular formula is C12H17BrO2. The van der Waals surface area contributed by atoms with Gasteiger partial charge in [0.05, 0.1) is 0 Å². The van der Waals surface area contributed by atoms with Crippen molar-refractivity contribution in [1.82, 2.24) is 0 Å². The Bertz CT molecular complexity index is 289. The van der Waals surface area contributed by atoms with Gasteiger partial charge in [0.15, 0.2) is 0 Å². The number of rotatable bonds is 6. The van der Waals surface area contributed by atoms with E-state index >= 15 is 0 Å². The molecule has 0 aliphatic heterocycles. The maximum Gasteiger partial charge on any atom is 0.0465 e. The molecule has 0 bridgehead atoms. The number of aliphatic hydroxyl groups is 1.